The van der Waals surface area contributed by atoms with E-state index in [0.29, 0.717) is 79.5 Å². The van der Waals surface area contributed by atoms with E-state index in [9.17, 15) is 28.4 Å². The highest BCUT2D eigenvalue weighted by Gasteiger charge is 2.51. The number of piperidine rings is 1. The Kier molecular flexibility index (Phi) is 15.9. The molecule has 0 radical (unpaired) electrons. The molecule has 5 fully saturated rings. The lowest BCUT2D eigenvalue weighted by molar-refractivity contribution is -0.384. The molecule has 2 saturated carbocycles. The van der Waals surface area contributed by atoms with Gasteiger partial charge in [0.25, 0.3) is 27.5 Å². The Morgan fingerprint density at radius 3 is 2.48 bits per heavy atom. The Balaban J connectivity index is 0.796. The molecule has 12 rings (SSSR count). The summed E-state index contributed by atoms with van der Waals surface area (Å²) in [7, 11) is -1.43. The lowest BCUT2D eigenvalue weighted by Crippen LogP contribution is -2.59. The van der Waals surface area contributed by atoms with Crippen molar-refractivity contribution in [1.29, 1.82) is 0 Å². The average Bonchev–Trinajstić information content (AvgIpc) is 1.20. The lowest BCUT2D eigenvalue weighted by atomic mass is 9.59. The number of anilines is 4. The van der Waals surface area contributed by atoms with Crippen molar-refractivity contribution >= 4 is 55.4 Å². The van der Waals surface area contributed by atoms with Gasteiger partial charge in [-0.1, -0.05) is 18.2 Å². The fourth-order valence-electron chi connectivity index (χ4n) is 13.8. The molecule has 0 unspecified atom stereocenters. The van der Waals surface area contributed by atoms with E-state index in [4.69, 9.17) is 33.7 Å². The maximum atomic E-state index is 14.9. The van der Waals surface area contributed by atoms with Gasteiger partial charge in [-0.05, 0) is 151 Å². The number of aromatic amines is 1. The fraction of sp³-hybridized carbons (Fsp3) is 0.500. The summed E-state index contributed by atoms with van der Waals surface area (Å²) in [6.45, 7) is 11.9. The molecule has 21 nitrogen and oxygen atoms in total. The SMILES string of the molecule is COc1ccc(CN2CCN(C3CC4(CCN(c5ccc(C(=O)NS(=O)(=O)c6ccc(NC[C@H]7CC[C@](C)(O)CC7)c([N+](=O)[O-])c6)c(N6c7cc8cc[nH]c8nc7O[C@H]7COCC[C@@H]76)c5)CC4)C3)[C@@H](c3ccccc3OC(C)C)C2)nc1OC. The minimum Gasteiger partial charge on any atom is -0.491 e. The predicted octanol–water partition coefficient (Wildman–Crippen LogP) is 9.14. The first-order chi connectivity index (χ1) is 40.5. The number of amides is 1. The molecule has 3 atom stereocenters. The van der Waals surface area contributed by atoms with Gasteiger partial charge in [0, 0.05) is 87.4 Å². The van der Waals surface area contributed by atoms with E-state index in [-0.39, 0.29) is 47.4 Å². The number of methoxy groups -OCH3 is 2. The molecule has 2 aliphatic carbocycles. The first-order valence-corrected chi connectivity index (χ1v) is 31.0. The molecule has 84 heavy (non-hydrogen) atoms. The summed E-state index contributed by atoms with van der Waals surface area (Å²) in [5.74, 6) is 1.63. The highest BCUT2D eigenvalue weighted by molar-refractivity contribution is 7.90. The minimum absolute atomic E-state index is 0.0211. The van der Waals surface area contributed by atoms with E-state index < -0.39 is 43.1 Å². The van der Waals surface area contributed by atoms with Crippen LogP contribution in [0.5, 0.6) is 23.3 Å². The summed E-state index contributed by atoms with van der Waals surface area (Å²) in [6.07, 6.45) is 8.78. The zero-order chi connectivity index (χ0) is 58.5. The summed E-state index contributed by atoms with van der Waals surface area (Å²) in [4.78, 5) is 48.7. The lowest BCUT2D eigenvalue weighted by Gasteiger charge is -2.58. The van der Waals surface area contributed by atoms with E-state index in [1.807, 2.05) is 49.4 Å². The van der Waals surface area contributed by atoms with Crippen LogP contribution in [0.4, 0.5) is 28.4 Å². The Labute approximate surface area is 490 Å². The number of fused-ring (bicyclic) bond motifs is 3. The van der Waals surface area contributed by atoms with E-state index in [1.54, 1.807) is 26.5 Å². The number of carbonyl (C=O) groups excluding carboxylic acids is 1. The molecule has 1 spiro atoms. The number of nitro benzene ring substituents is 1. The molecular formula is C62H76N10O11S. The van der Waals surface area contributed by atoms with Gasteiger partial charge in [-0.25, -0.2) is 18.1 Å². The van der Waals surface area contributed by atoms with Crippen molar-refractivity contribution in [3.8, 4) is 23.3 Å². The second-order valence-electron chi connectivity index (χ2n) is 24.3. The first kappa shape index (κ1) is 57.2. The van der Waals surface area contributed by atoms with Gasteiger partial charge in [0.2, 0.25) is 5.88 Å². The van der Waals surface area contributed by atoms with Crippen LogP contribution in [0.15, 0.2) is 96.0 Å². The van der Waals surface area contributed by atoms with Crippen molar-refractivity contribution in [2.75, 3.05) is 81.8 Å². The van der Waals surface area contributed by atoms with Crippen molar-refractivity contribution in [3.63, 3.8) is 0 Å². The zero-order valence-corrected chi connectivity index (χ0v) is 49.2. The van der Waals surface area contributed by atoms with Gasteiger partial charge in [0.15, 0.2) is 5.75 Å². The first-order valence-electron chi connectivity index (χ1n) is 29.5. The molecule has 3 aromatic heterocycles. The summed E-state index contributed by atoms with van der Waals surface area (Å²) in [5.41, 5.74) is 4.00. The number of carbonyl (C=O) groups is 1. The van der Waals surface area contributed by atoms with E-state index in [1.165, 1.54) is 17.7 Å². The third-order valence-corrected chi connectivity index (χ3v) is 19.7. The number of aromatic nitrogens is 3. The molecule has 22 heteroatoms. The third kappa shape index (κ3) is 11.7. The maximum Gasteiger partial charge on any atom is 0.293 e. The van der Waals surface area contributed by atoms with Crippen molar-refractivity contribution < 1.29 is 46.9 Å². The number of sulfonamides is 1. The van der Waals surface area contributed by atoms with Crippen molar-refractivity contribution in [1.82, 2.24) is 29.5 Å². The van der Waals surface area contributed by atoms with E-state index in [2.05, 4.69) is 66.7 Å². The largest absolute Gasteiger partial charge is 0.491 e. The summed E-state index contributed by atoms with van der Waals surface area (Å²) in [6, 6.07) is 25.7. The Bertz CT molecular complexity index is 3520. The van der Waals surface area contributed by atoms with Gasteiger partial charge < -0.3 is 48.9 Å². The van der Waals surface area contributed by atoms with E-state index in [0.717, 1.165) is 99.8 Å². The van der Waals surface area contributed by atoms with Crippen molar-refractivity contribution in [2.24, 2.45) is 11.3 Å². The summed E-state index contributed by atoms with van der Waals surface area (Å²) in [5, 5.41) is 26.9. The molecule has 3 saturated heterocycles. The van der Waals surface area contributed by atoms with Crippen molar-refractivity contribution in [2.45, 2.75) is 126 Å². The number of rotatable bonds is 17. The molecule has 1 amide bonds. The number of aliphatic hydroxyl groups is 1. The van der Waals surface area contributed by atoms with Crippen LogP contribution in [0.25, 0.3) is 11.0 Å². The van der Waals surface area contributed by atoms with Crippen LogP contribution in [0, 0.1) is 21.4 Å². The molecule has 0 bridgehead atoms. The number of H-pyrrole nitrogens is 1. The quantitative estimate of drug-likeness (QED) is 0.0492. The topological polar surface area (TPSA) is 239 Å². The number of ether oxygens (including phenoxy) is 5. The minimum atomic E-state index is -4.65. The van der Waals surface area contributed by atoms with Crippen LogP contribution < -0.4 is 38.8 Å². The fourth-order valence-corrected chi connectivity index (χ4v) is 14.8. The highest BCUT2D eigenvalue weighted by atomic mass is 32.2. The standard InChI is InChI=1S/C62H76N10O11S/c1-39(2)82-54-9-7-6-8-46(54)53-37-68(36-42-10-15-55(79-4)60(65-42)80-5)27-28-70(53)44-33-62(34-44)22-25-69(26-23-62)43-11-13-47(50(31-43)71-49-19-29-81-38-56(49)83-59-52(71)30-41-18-24-63-57(41)66-59)58(73)67-84(77,78)45-12-14-48(51(32-45)72(75)76)64-35-40-16-20-61(3,74)21-17-40/h6-15,18,24,30-32,39-40,44,49,53,56,64,74H,16-17,19-23,25-29,33-38H2,1-5H3,(H,63,66)(H,67,73)/t40-,49-,53+,56-,61-/m0/s1. The van der Waals surface area contributed by atoms with Crippen LogP contribution in [-0.2, 0) is 21.3 Å². The average molecular weight is 1170 g/mol. The van der Waals surface area contributed by atoms with Gasteiger partial charge in [0.05, 0.1) is 71.4 Å². The molecule has 446 valence electrons. The number of nitrogens with one attached hydrogen (secondary N) is 3. The number of nitro groups is 1. The van der Waals surface area contributed by atoms with Crippen LogP contribution in [0.3, 0.4) is 0 Å². The highest BCUT2D eigenvalue weighted by Crippen LogP contribution is 2.54. The molecule has 4 N–H and O–H groups in total. The molecule has 7 heterocycles. The number of pyridine rings is 2. The maximum absolute atomic E-state index is 14.9. The monoisotopic (exact) mass is 1170 g/mol. The Hall–Kier alpha value is -7.24. The Morgan fingerprint density at radius 2 is 1.71 bits per heavy atom. The number of hydrogen-bond acceptors (Lipinski definition) is 18. The normalized spacial score (nSPS) is 23.8. The summed E-state index contributed by atoms with van der Waals surface area (Å²) >= 11 is 0. The van der Waals surface area contributed by atoms with Gasteiger partial charge in [-0.3, -0.25) is 24.7 Å². The van der Waals surface area contributed by atoms with Crippen LogP contribution >= 0.6 is 0 Å². The number of hydrogen-bond donors (Lipinski definition) is 4. The smallest absolute Gasteiger partial charge is 0.293 e. The number of benzene rings is 3. The van der Waals surface area contributed by atoms with Gasteiger partial charge >= 0.3 is 0 Å². The van der Waals surface area contributed by atoms with Gasteiger partial charge in [-0.15, -0.1) is 0 Å². The summed E-state index contributed by atoms with van der Waals surface area (Å²) < 4.78 is 60.9. The van der Waals surface area contributed by atoms with Crippen LogP contribution in [0.1, 0.15) is 106 Å². The molecule has 4 aliphatic heterocycles. The number of piperazine rings is 1. The van der Waals surface area contributed by atoms with Gasteiger partial charge in [-0.2, -0.15) is 4.98 Å². The molecule has 6 aromatic rings. The second kappa shape index (κ2) is 23.3. The zero-order valence-electron chi connectivity index (χ0n) is 48.4. The van der Waals surface area contributed by atoms with E-state index >= 15 is 0 Å². The predicted molar refractivity (Wildman–Crippen MR) is 318 cm³/mol. The third-order valence-electron chi connectivity index (χ3n) is 18.4. The second-order valence-corrected chi connectivity index (χ2v) is 26.0. The number of nitrogens with zero attached hydrogens (tertiary/aromatic N) is 7. The Morgan fingerprint density at radius 1 is 0.917 bits per heavy atom. The van der Waals surface area contributed by atoms with Crippen molar-refractivity contribution in [3.05, 3.63) is 118 Å². The molecule has 3 aromatic carbocycles. The molecule has 6 aliphatic rings. The van der Waals surface area contributed by atoms with Crippen LogP contribution in [-0.4, -0.2) is 146 Å². The van der Waals surface area contributed by atoms with Gasteiger partial charge in [0.1, 0.15) is 28.9 Å². The number of para-hydroxylation sites is 1. The van der Waals surface area contributed by atoms with Crippen LogP contribution in [0.2, 0.25) is 0 Å². The molecular weight excluding hydrogens is 1090 g/mol.